The molecule has 0 fully saturated rings. The molecule has 5 nitrogen and oxygen atoms in total. The third-order valence-corrected chi connectivity index (χ3v) is 2.37. The summed E-state index contributed by atoms with van der Waals surface area (Å²) in [6.45, 7) is 0.0927. The molecule has 0 saturated carbocycles. The molecule has 1 aromatic carbocycles. The van der Waals surface area contributed by atoms with E-state index in [1.54, 1.807) is 24.3 Å². The maximum atomic E-state index is 12.7. The van der Waals surface area contributed by atoms with Gasteiger partial charge in [-0.1, -0.05) is 12.1 Å². The highest BCUT2D eigenvalue weighted by atomic mass is 19.1. The predicted molar refractivity (Wildman–Crippen MR) is 62.5 cm³/mol. The van der Waals surface area contributed by atoms with Gasteiger partial charge in [-0.15, -0.1) is 0 Å². The van der Waals surface area contributed by atoms with Gasteiger partial charge in [0.05, 0.1) is 0 Å². The van der Waals surface area contributed by atoms with Gasteiger partial charge >= 0.3 is 0 Å². The second-order valence-corrected chi connectivity index (χ2v) is 3.66. The molecule has 0 saturated heterocycles. The van der Waals surface area contributed by atoms with Crippen molar-refractivity contribution in [3.05, 3.63) is 41.7 Å². The van der Waals surface area contributed by atoms with Crippen molar-refractivity contribution in [3.8, 4) is 0 Å². The largest absolute Gasteiger partial charge is 0.475 e. The number of benzene rings is 1. The van der Waals surface area contributed by atoms with E-state index in [0.717, 1.165) is 5.56 Å². The van der Waals surface area contributed by atoms with Gasteiger partial charge in [-0.3, -0.25) is 10.0 Å². The van der Waals surface area contributed by atoms with E-state index in [-0.39, 0.29) is 12.4 Å². The van der Waals surface area contributed by atoms with E-state index in [4.69, 9.17) is 9.94 Å². The molecule has 2 N–H and O–H groups in total. The van der Waals surface area contributed by atoms with E-state index in [2.05, 4.69) is 4.99 Å². The summed E-state index contributed by atoms with van der Waals surface area (Å²) < 4.78 is 17.8. The molecule has 0 spiro atoms. The molecule has 1 aromatic rings. The lowest BCUT2D eigenvalue weighted by Crippen LogP contribution is -2.31. The van der Waals surface area contributed by atoms with Gasteiger partial charge in [0.25, 0.3) is 5.91 Å². The van der Waals surface area contributed by atoms with Gasteiger partial charge in [0.2, 0.25) is 5.90 Å². The highest BCUT2D eigenvalue weighted by Crippen LogP contribution is 2.09. The molecule has 0 unspecified atom stereocenters. The smallest absolute Gasteiger partial charge is 0.271 e. The molecule has 1 aliphatic rings. The lowest BCUT2D eigenvalue weighted by molar-refractivity contribution is -0.130. The van der Waals surface area contributed by atoms with Gasteiger partial charge < -0.3 is 4.74 Å². The molecule has 18 heavy (non-hydrogen) atoms. The second kappa shape index (κ2) is 5.42. The van der Waals surface area contributed by atoms with Gasteiger partial charge in [0.15, 0.2) is 6.04 Å². The second-order valence-electron chi connectivity index (χ2n) is 3.66. The molecular weight excluding hydrogens is 239 g/mol. The lowest BCUT2D eigenvalue weighted by atomic mass is 10.2. The molecule has 1 amide bonds. The summed E-state index contributed by atoms with van der Waals surface area (Å²) in [5.41, 5.74) is 2.31. The predicted octanol–water partition coefficient (Wildman–Crippen LogP) is 1.14. The van der Waals surface area contributed by atoms with Crippen LogP contribution in [-0.2, 0) is 9.53 Å². The van der Waals surface area contributed by atoms with Crippen LogP contribution >= 0.6 is 0 Å². The van der Waals surface area contributed by atoms with Crippen LogP contribution in [0.5, 0.6) is 0 Å². The maximum Gasteiger partial charge on any atom is 0.271 e. The Labute approximate surface area is 103 Å². The third kappa shape index (κ3) is 2.92. The van der Waals surface area contributed by atoms with Crippen molar-refractivity contribution in [2.75, 3.05) is 6.61 Å². The number of halogens is 1. The number of hydrogen-bond donors (Lipinski definition) is 2. The number of amides is 1. The standard InChI is InChI=1S/C12H11FN2O3/c13-9-4-1-8(2-5-9)3-6-11-14-10(7-18-11)12(16)15-17/h1-6,10,17H,7H2,(H,15,16)/b6-3+/t10-/m1/s1. The van der Waals surface area contributed by atoms with Crippen molar-refractivity contribution in [3.63, 3.8) is 0 Å². The molecular formula is C12H11FN2O3. The van der Waals surface area contributed by atoms with E-state index < -0.39 is 11.9 Å². The van der Waals surface area contributed by atoms with E-state index in [0.29, 0.717) is 5.90 Å². The SMILES string of the molecule is O=C(NO)[C@H]1COC(/C=C/c2ccc(F)cc2)=N1. The molecule has 1 atom stereocenters. The van der Waals surface area contributed by atoms with E-state index in [1.807, 2.05) is 0 Å². The lowest BCUT2D eigenvalue weighted by Gasteiger charge is -1.99. The molecule has 0 radical (unpaired) electrons. The molecule has 1 aliphatic heterocycles. The normalized spacial score (nSPS) is 18.6. The van der Waals surface area contributed by atoms with Crippen molar-refractivity contribution >= 4 is 17.9 Å². The Hall–Kier alpha value is -2.21. The van der Waals surface area contributed by atoms with Gasteiger partial charge in [-0.2, -0.15) is 0 Å². The minimum Gasteiger partial charge on any atom is -0.475 e. The van der Waals surface area contributed by atoms with Crippen LogP contribution in [0.2, 0.25) is 0 Å². The molecule has 6 heteroatoms. The highest BCUT2D eigenvalue weighted by molar-refractivity contribution is 5.96. The summed E-state index contributed by atoms with van der Waals surface area (Å²) in [4.78, 5) is 15.0. The van der Waals surface area contributed by atoms with Crippen LogP contribution in [0.25, 0.3) is 6.08 Å². The van der Waals surface area contributed by atoms with Crippen LogP contribution in [0, 0.1) is 5.82 Å². The number of nitrogens with one attached hydrogen (secondary N) is 1. The maximum absolute atomic E-state index is 12.7. The average Bonchev–Trinajstić information content (AvgIpc) is 2.86. The van der Waals surface area contributed by atoms with Crippen LogP contribution in [0.4, 0.5) is 4.39 Å². The quantitative estimate of drug-likeness (QED) is 0.624. The zero-order valence-electron chi connectivity index (χ0n) is 9.34. The number of aliphatic imine (C=N–C) groups is 1. The molecule has 2 rings (SSSR count). The number of nitrogens with zero attached hydrogens (tertiary/aromatic N) is 1. The van der Waals surface area contributed by atoms with E-state index >= 15 is 0 Å². The highest BCUT2D eigenvalue weighted by Gasteiger charge is 2.24. The van der Waals surface area contributed by atoms with Crippen LogP contribution in [0.15, 0.2) is 35.3 Å². The summed E-state index contributed by atoms with van der Waals surface area (Å²) in [7, 11) is 0. The van der Waals surface area contributed by atoms with Crippen molar-refractivity contribution in [1.29, 1.82) is 0 Å². The first-order chi connectivity index (χ1) is 8.69. The van der Waals surface area contributed by atoms with Gasteiger partial charge in [0.1, 0.15) is 12.4 Å². The average molecular weight is 250 g/mol. The van der Waals surface area contributed by atoms with Gasteiger partial charge in [0, 0.05) is 6.08 Å². The van der Waals surface area contributed by atoms with Crippen LogP contribution < -0.4 is 5.48 Å². The van der Waals surface area contributed by atoms with Crippen molar-refractivity contribution in [1.82, 2.24) is 5.48 Å². The third-order valence-electron chi connectivity index (χ3n) is 2.37. The number of hydrogen-bond acceptors (Lipinski definition) is 4. The summed E-state index contributed by atoms with van der Waals surface area (Å²) in [6.07, 6.45) is 3.27. The topological polar surface area (TPSA) is 70.9 Å². The van der Waals surface area contributed by atoms with Gasteiger partial charge in [-0.25, -0.2) is 14.9 Å². The summed E-state index contributed by atoms with van der Waals surface area (Å²) in [5, 5.41) is 8.44. The van der Waals surface area contributed by atoms with Gasteiger partial charge in [-0.05, 0) is 23.8 Å². The first-order valence-corrected chi connectivity index (χ1v) is 5.27. The number of carbonyl (C=O) groups excluding carboxylic acids is 1. The molecule has 0 aliphatic carbocycles. The first-order valence-electron chi connectivity index (χ1n) is 5.27. The Balaban J connectivity index is 2.02. The van der Waals surface area contributed by atoms with Crippen molar-refractivity contribution < 1.29 is 19.1 Å². The van der Waals surface area contributed by atoms with Crippen LogP contribution in [0.1, 0.15) is 5.56 Å². The fourth-order valence-corrected chi connectivity index (χ4v) is 1.43. The Morgan fingerprint density at radius 2 is 2.17 bits per heavy atom. The zero-order valence-corrected chi connectivity index (χ0v) is 9.34. The Kier molecular flexibility index (Phi) is 3.69. The minimum atomic E-state index is -0.733. The van der Waals surface area contributed by atoms with Crippen molar-refractivity contribution in [2.24, 2.45) is 4.99 Å². The molecule has 0 aromatic heterocycles. The van der Waals surface area contributed by atoms with Crippen LogP contribution in [0.3, 0.4) is 0 Å². The van der Waals surface area contributed by atoms with E-state index in [1.165, 1.54) is 17.6 Å². The Bertz CT molecular complexity index is 497. The summed E-state index contributed by atoms with van der Waals surface area (Å²) in [6, 6.07) is 5.18. The summed E-state index contributed by atoms with van der Waals surface area (Å²) >= 11 is 0. The fourth-order valence-electron chi connectivity index (χ4n) is 1.43. The van der Waals surface area contributed by atoms with Crippen LogP contribution in [-0.4, -0.2) is 29.7 Å². The zero-order chi connectivity index (χ0) is 13.0. The fraction of sp³-hybridized carbons (Fsp3) is 0.167. The van der Waals surface area contributed by atoms with E-state index in [9.17, 15) is 9.18 Å². The molecule has 94 valence electrons. The Morgan fingerprint density at radius 3 is 2.83 bits per heavy atom. The van der Waals surface area contributed by atoms with Crippen molar-refractivity contribution in [2.45, 2.75) is 6.04 Å². The Morgan fingerprint density at radius 1 is 1.44 bits per heavy atom. The first kappa shape index (κ1) is 12.3. The minimum absolute atomic E-state index is 0.0927. The number of ether oxygens (including phenoxy) is 1. The summed E-state index contributed by atoms with van der Waals surface area (Å²) in [5.74, 6) is -0.616. The number of carbonyl (C=O) groups is 1. The molecule has 0 bridgehead atoms. The number of rotatable bonds is 3. The molecule has 1 heterocycles. The monoisotopic (exact) mass is 250 g/mol. The number of hydroxylamine groups is 1.